The first kappa shape index (κ1) is 38.1. The molecule has 1 aliphatic carbocycles. The highest BCUT2D eigenvalue weighted by Crippen LogP contribution is 2.30. The summed E-state index contributed by atoms with van der Waals surface area (Å²) in [4.78, 5) is 44.9. The summed E-state index contributed by atoms with van der Waals surface area (Å²) in [6.45, 7) is 4.21. The van der Waals surface area contributed by atoms with E-state index in [0.29, 0.717) is 34.9 Å². The summed E-state index contributed by atoms with van der Waals surface area (Å²) < 4.78 is 36.3. The van der Waals surface area contributed by atoms with Gasteiger partial charge >= 0.3 is 0 Å². The molecule has 286 valence electrons. The number of fused-ring (bicyclic) bond motifs is 2. The Hall–Kier alpha value is -5.64. The zero-order chi connectivity index (χ0) is 38.0. The first-order valence-corrected chi connectivity index (χ1v) is 18.3. The lowest BCUT2D eigenvalue weighted by Gasteiger charge is -2.37. The minimum absolute atomic E-state index is 0.0291. The summed E-state index contributed by atoms with van der Waals surface area (Å²) in [7, 11) is 2.99. The van der Waals surface area contributed by atoms with E-state index in [2.05, 4.69) is 35.8 Å². The van der Waals surface area contributed by atoms with Gasteiger partial charge in [0.1, 0.15) is 11.4 Å². The van der Waals surface area contributed by atoms with Crippen molar-refractivity contribution in [2.45, 2.75) is 44.9 Å². The second-order valence-electron chi connectivity index (χ2n) is 13.5. The van der Waals surface area contributed by atoms with Crippen molar-refractivity contribution in [1.29, 1.82) is 0 Å². The number of rotatable bonds is 12. The molecule has 0 bridgehead atoms. The lowest BCUT2D eigenvalue weighted by atomic mass is 9.87. The summed E-state index contributed by atoms with van der Waals surface area (Å²) in [5.41, 5.74) is 1.94. The molecule has 2 aromatic carbocycles. The number of aromatic amines is 1. The van der Waals surface area contributed by atoms with Gasteiger partial charge in [0, 0.05) is 69.5 Å². The maximum Gasteiger partial charge on any atom is 0.260 e. The van der Waals surface area contributed by atoms with Gasteiger partial charge in [-0.05, 0) is 49.2 Å². The van der Waals surface area contributed by atoms with Gasteiger partial charge in [0.2, 0.25) is 12.3 Å². The van der Waals surface area contributed by atoms with Crippen molar-refractivity contribution in [3.8, 4) is 5.75 Å². The van der Waals surface area contributed by atoms with Gasteiger partial charge < -0.3 is 25.2 Å². The topological polar surface area (TPSA) is 153 Å². The molecule has 2 fully saturated rings. The number of amides is 3. The lowest BCUT2D eigenvalue weighted by Crippen LogP contribution is -2.47. The number of ether oxygens (including phenoxy) is 1. The third-order valence-corrected chi connectivity index (χ3v) is 10.1. The Morgan fingerprint density at radius 3 is 2.52 bits per heavy atom. The van der Waals surface area contributed by atoms with Crippen molar-refractivity contribution in [2.24, 2.45) is 5.92 Å². The molecule has 7 rings (SSSR count). The molecule has 1 saturated carbocycles. The number of nitrogens with one attached hydrogen (secondary N) is 3. The van der Waals surface area contributed by atoms with Crippen LogP contribution in [0.2, 0.25) is 0 Å². The van der Waals surface area contributed by atoms with Crippen LogP contribution in [0.1, 0.15) is 55.3 Å². The quantitative estimate of drug-likeness (QED) is 0.150. The Bertz CT molecular complexity index is 2030. The summed E-state index contributed by atoms with van der Waals surface area (Å²) in [6.07, 6.45) is 13.2. The number of benzene rings is 2. The van der Waals surface area contributed by atoms with E-state index in [9.17, 15) is 23.2 Å². The van der Waals surface area contributed by atoms with Crippen LogP contribution < -0.4 is 25.2 Å². The highest BCUT2D eigenvalue weighted by atomic mass is 19.1. The third kappa shape index (κ3) is 9.10. The van der Waals surface area contributed by atoms with Gasteiger partial charge in [0.15, 0.2) is 23.1 Å². The molecular weight excluding hydrogens is 698 g/mol. The van der Waals surface area contributed by atoms with Crippen LogP contribution in [0.15, 0.2) is 55.0 Å². The monoisotopic (exact) mass is 744 g/mol. The average Bonchev–Trinajstić information content (AvgIpc) is 3.84. The Morgan fingerprint density at radius 2 is 1.81 bits per heavy atom. The molecule has 1 aliphatic heterocycles. The number of aromatic nitrogens is 5. The van der Waals surface area contributed by atoms with Crippen LogP contribution >= 0.6 is 0 Å². The van der Waals surface area contributed by atoms with Gasteiger partial charge in [0.05, 0.1) is 30.6 Å². The summed E-state index contributed by atoms with van der Waals surface area (Å²) in [6, 6.07) is 9.62. The number of carbonyl (C=O) groups is 3. The molecule has 3 N–H and O–H groups in total. The minimum atomic E-state index is -0.793. The summed E-state index contributed by atoms with van der Waals surface area (Å²) >= 11 is 0. The molecule has 0 spiro atoms. The normalized spacial score (nSPS) is 15.1. The van der Waals surface area contributed by atoms with Crippen molar-refractivity contribution in [2.75, 3.05) is 68.5 Å². The summed E-state index contributed by atoms with van der Waals surface area (Å²) in [5.74, 6) is -0.395. The molecule has 54 heavy (non-hydrogen) atoms. The number of piperazine rings is 1. The van der Waals surface area contributed by atoms with E-state index in [1.165, 1.54) is 64.8 Å². The first-order chi connectivity index (χ1) is 26.3. The van der Waals surface area contributed by atoms with Crippen molar-refractivity contribution in [3.05, 3.63) is 72.2 Å². The van der Waals surface area contributed by atoms with Crippen molar-refractivity contribution in [1.82, 2.24) is 35.0 Å². The van der Waals surface area contributed by atoms with Crippen LogP contribution in [-0.2, 0) is 9.59 Å². The number of methoxy groups -OCH3 is 1. The van der Waals surface area contributed by atoms with Crippen LogP contribution in [0.3, 0.4) is 0 Å². The van der Waals surface area contributed by atoms with Gasteiger partial charge in [-0.3, -0.25) is 24.4 Å². The average molecular weight is 745 g/mol. The smallest absolute Gasteiger partial charge is 0.260 e. The Kier molecular flexibility index (Phi) is 12.6. The molecule has 2 aliphatic rings. The zero-order valence-electron chi connectivity index (χ0n) is 30.6. The van der Waals surface area contributed by atoms with Gasteiger partial charge in [-0.2, -0.15) is 14.7 Å². The van der Waals surface area contributed by atoms with Gasteiger partial charge in [-0.15, -0.1) is 0 Å². The number of halogens is 2. The van der Waals surface area contributed by atoms with Crippen LogP contribution in [0.4, 0.5) is 26.0 Å². The highest BCUT2D eigenvalue weighted by molar-refractivity contribution is 6.08. The van der Waals surface area contributed by atoms with Crippen LogP contribution in [0, 0.1) is 17.6 Å². The molecule has 0 unspecified atom stereocenters. The molecular formula is C38H46F2N10O4. The lowest BCUT2D eigenvalue weighted by molar-refractivity contribution is -0.120. The minimum Gasteiger partial charge on any atom is -0.496 e. The molecule has 1 saturated heterocycles. The van der Waals surface area contributed by atoms with Gasteiger partial charge in [-0.25, -0.2) is 13.8 Å². The number of H-pyrrole nitrogens is 1. The fraction of sp³-hybridized carbons (Fsp3) is 0.421. The molecule has 5 aromatic rings. The number of hydrogen-bond acceptors (Lipinski definition) is 9. The van der Waals surface area contributed by atoms with E-state index in [1.807, 2.05) is 4.90 Å². The number of imidazole rings is 1. The predicted molar refractivity (Wildman–Crippen MR) is 202 cm³/mol. The van der Waals surface area contributed by atoms with E-state index in [4.69, 9.17) is 4.74 Å². The molecule has 3 aromatic heterocycles. The van der Waals surface area contributed by atoms with E-state index >= 15 is 0 Å². The van der Waals surface area contributed by atoms with E-state index in [-0.39, 0.29) is 24.8 Å². The van der Waals surface area contributed by atoms with Crippen molar-refractivity contribution < 1.29 is 27.9 Å². The maximum atomic E-state index is 14.7. The van der Waals surface area contributed by atoms with Crippen molar-refractivity contribution in [3.63, 3.8) is 0 Å². The molecule has 0 radical (unpaired) electrons. The Morgan fingerprint density at radius 1 is 1.06 bits per heavy atom. The molecule has 0 atom stereocenters. The summed E-state index contributed by atoms with van der Waals surface area (Å²) in [5, 5.41) is 17.0. The molecule has 4 heterocycles. The zero-order valence-corrected chi connectivity index (χ0v) is 30.6. The second kappa shape index (κ2) is 17.9. The largest absolute Gasteiger partial charge is 0.496 e. The standard InChI is InChI=1S/C23H34F2N4O2.C15H12N6O2/c1-26-22(31)8-10-29(17-30)23-20(24)15-19(16-21(23)25)28-13-11-27(12-14-28)9-7-18-5-3-2-4-6-18;1-23-12-6-11-9(7-17-20-11)5-10(12)15(22)19-14-8-16-13-3-2-4-18-21(13)14/h15-18H,2-14H2,1H3,(H,26,31);2-8H,1H3,(H,17,20)(H,19,22). The fourth-order valence-corrected chi connectivity index (χ4v) is 7.06. The van der Waals surface area contributed by atoms with E-state index in [0.717, 1.165) is 54.4 Å². The van der Waals surface area contributed by atoms with Crippen LogP contribution in [0.5, 0.6) is 5.75 Å². The van der Waals surface area contributed by atoms with Gasteiger partial charge in [0.25, 0.3) is 5.91 Å². The number of hydrogen-bond donors (Lipinski definition) is 3. The van der Waals surface area contributed by atoms with E-state index in [1.54, 1.807) is 47.4 Å². The Labute approximate surface area is 311 Å². The van der Waals surface area contributed by atoms with Crippen molar-refractivity contribution >= 4 is 52.0 Å². The maximum absolute atomic E-state index is 14.7. The van der Waals surface area contributed by atoms with Crippen LogP contribution in [-0.4, -0.2) is 101 Å². The van der Waals surface area contributed by atoms with Crippen LogP contribution in [0.25, 0.3) is 16.6 Å². The molecule has 16 heteroatoms. The third-order valence-electron chi connectivity index (χ3n) is 10.1. The highest BCUT2D eigenvalue weighted by Gasteiger charge is 2.24. The van der Waals surface area contributed by atoms with E-state index < -0.39 is 17.3 Å². The fourth-order valence-electron chi connectivity index (χ4n) is 7.06. The number of anilines is 3. The van der Waals surface area contributed by atoms with Gasteiger partial charge in [-0.1, -0.05) is 32.1 Å². The SMILES string of the molecule is CNC(=O)CCN(C=O)c1c(F)cc(N2CCN(CCC3CCCCC3)CC2)cc1F.COc1cc2[nH]ncc2cc1C(=O)Nc1cnc2cccnn12. The number of carbonyl (C=O) groups excluding carboxylic acids is 3. The Balaban J connectivity index is 0.000000192. The molecule has 14 nitrogen and oxygen atoms in total. The molecule has 3 amide bonds. The second-order valence-corrected chi connectivity index (χ2v) is 13.5. The first-order valence-electron chi connectivity index (χ1n) is 18.3. The predicted octanol–water partition coefficient (Wildman–Crippen LogP) is 5.02. The number of nitrogens with zero attached hydrogens (tertiary/aromatic N) is 7.